The van der Waals surface area contributed by atoms with E-state index < -0.39 is 0 Å². The van der Waals surface area contributed by atoms with Crippen LogP contribution in [-0.2, 0) is 6.54 Å². The number of rotatable bonds is 5. The van der Waals surface area contributed by atoms with Crippen LogP contribution < -0.4 is 14.2 Å². The standard InChI is InChI=1S/C27H26FN3O3/c1-32-24-5-3-19(28)13-21(24)20-6-9-29-27-22(20)14-23(30-27)18-7-10-31(11-8-18)15-17-2-4-25-26(12-17)34-16-33-25/h2-6,9,12-14,18H,7-8,10-11,15-16H2,1H3,(H,29,30). The van der Waals surface area contributed by atoms with Crippen LogP contribution in [0.4, 0.5) is 4.39 Å². The van der Waals surface area contributed by atoms with Gasteiger partial charge >= 0.3 is 0 Å². The van der Waals surface area contributed by atoms with Crippen molar-refractivity contribution in [1.82, 2.24) is 14.9 Å². The van der Waals surface area contributed by atoms with Gasteiger partial charge in [-0.05, 0) is 79.5 Å². The van der Waals surface area contributed by atoms with Gasteiger partial charge in [-0.15, -0.1) is 0 Å². The van der Waals surface area contributed by atoms with Gasteiger partial charge in [0.1, 0.15) is 17.2 Å². The summed E-state index contributed by atoms with van der Waals surface area (Å²) in [5, 5.41) is 0.990. The van der Waals surface area contributed by atoms with E-state index in [9.17, 15) is 4.39 Å². The quantitative estimate of drug-likeness (QED) is 0.428. The Hall–Kier alpha value is -3.58. The zero-order valence-electron chi connectivity index (χ0n) is 19.0. The van der Waals surface area contributed by atoms with E-state index in [1.807, 2.05) is 12.1 Å². The number of hydrogen-bond acceptors (Lipinski definition) is 5. The van der Waals surface area contributed by atoms with Crippen molar-refractivity contribution in [3.05, 3.63) is 71.8 Å². The molecule has 6 nitrogen and oxygen atoms in total. The van der Waals surface area contributed by atoms with E-state index in [4.69, 9.17) is 14.2 Å². The lowest BCUT2D eigenvalue weighted by Gasteiger charge is -2.31. The van der Waals surface area contributed by atoms with Crippen LogP contribution in [-0.4, -0.2) is 41.9 Å². The number of H-pyrrole nitrogens is 1. The average molecular weight is 460 g/mol. The maximum absolute atomic E-state index is 14.0. The lowest BCUT2D eigenvalue weighted by molar-refractivity contribution is 0.173. The first kappa shape index (κ1) is 21.0. The summed E-state index contributed by atoms with van der Waals surface area (Å²) < 4.78 is 30.5. The molecular formula is C27H26FN3O3. The third kappa shape index (κ3) is 3.86. The molecule has 0 radical (unpaired) electrons. The summed E-state index contributed by atoms with van der Waals surface area (Å²) in [6.45, 7) is 3.25. The summed E-state index contributed by atoms with van der Waals surface area (Å²) in [7, 11) is 1.61. The molecule has 6 rings (SSSR count). The predicted molar refractivity (Wildman–Crippen MR) is 128 cm³/mol. The van der Waals surface area contributed by atoms with Crippen molar-refractivity contribution in [3.8, 4) is 28.4 Å². The number of methoxy groups -OCH3 is 1. The van der Waals surface area contributed by atoms with Gasteiger partial charge in [0.25, 0.3) is 0 Å². The van der Waals surface area contributed by atoms with E-state index in [0.717, 1.165) is 66.1 Å². The zero-order chi connectivity index (χ0) is 23.1. The Kier molecular flexibility index (Phi) is 5.34. The molecule has 2 aliphatic heterocycles. The lowest BCUT2D eigenvalue weighted by atomic mass is 9.93. The number of fused-ring (bicyclic) bond motifs is 2. The molecule has 1 saturated heterocycles. The molecule has 1 N–H and O–H groups in total. The molecule has 0 amide bonds. The fraction of sp³-hybridized carbons (Fsp3) is 0.296. The van der Waals surface area contributed by atoms with E-state index >= 15 is 0 Å². The number of ether oxygens (including phenoxy) is 3. The molecule has 4 heterocycles. The van der Waals surface area contributed by atoms with Crippen molar-refractivity contribution >= 4 is 11.0 Å². The van der Waals surface area contributed by atoms with E-state index in [1.54, 1.807) is 19.4 Å². The van der Waals surface area contributed by atoms with Gasteiger partial charge < -0.3 is 19.2 Å². The second kappa shape index (κ2) is 8.65. The van der Waals surface area contributed by atoms with Crippen LogP contribution >= 0.6 is 0 Å². The minimum absolute atomic E-state index is 0.286. The van der Waals surface area contributed by atoms with Gasteiger partial charge in [0, 0.05) is 35.3 Å². The molecule has 0 saturated carbocycles. The largest absolute Gasteiger partial charge is 0.496 e. The number of likely N-dealkylation sites (tertiary alicyclic amines) is 1. The Morgan fingerprint density at radius 1 is 1.03 bits per heavy atom. The average Bonchev–Trinajstić information content (AvgIpc) is 3.51. The molecule has 174 valence electrons. The van der Waals surface area contributed by atoms with Crippen LogP contribution in [0.5, 0.6) is 17.2 Å². The number of piperidine rings is 1. The number of aromatic amines is 1. The van der Waals surface area contributed by atoms with Crippen LogP contribution in [0.3, 0.4) is 0 Å². The number of hydrogen-bond donors (Lipinski definition) is 1. The van der Waals surface area contributed by atoms with Crippen molar-refractivity contribution in [2.45, 2.75) is 25.3 Å². The second-order valence-electron chi connectivity index (χ2n) is 8.93. The molecule has 34 heavy (non-hydrogen) atoms. The molecule has 2 aliphatic rings. The van der Waals surface area contributed by atoms with Gasteiger partial charge in [0.05, 0.1) is 7.11 Å². The highest BCUT2D eigenvalue weighted by Crippen LogP contribution is 2.38. The van der Waals surface area contributed by atoms with Crippen LogP contribution in [0.25, 0.3) is 22.2 Å². The van der Waals surface area contributed by atoms with Gasteiger partial charge in [-0.1, -0.05) is 6.07 Å². The van der Waals surface area contributed by atoms with Crippen molar-refractivity contribution in [1.29, 1.82) is 0 Å². The molecular weight excluding hydrogens is 433 g/mol. The van der Waals surface area contributed by atoms with E-state index in [-0.39, 0.29) is 5.82 Å². The Morgan fingerprint density at radius 2 is 1.88 bits per heavy atom. The van der Waals surface area contributed by atoms with Crippen molar-refractivity contribution in [2.24, 2.45) is 0 Å². The highest BCUT2D eigenvalue weighted by molar-refractivity contribution is 5.95. The molecule has 2 aromatic carbocycles. The monoisotopic (exact) mass is 459 g/mol. The number of aromatic nitrogens is 2. The Morgan fingerprint density at radius 3 is 2.74 bits per heavy atom. The summed E-state index contributed by atoms with van der Waals surface area (Å²) in [5.41, 5.74) is 4.91. The van der Waals surface area contributed by atoms with Crippen molar-refractivity contribution in [3.63, 3.8) is 0 Å². The molecule has 4 aromatic rings. The maximum atomic E-state index is 14.0. The normalized spacial score (nSPS) is 16.3. The Bertz CT molecular complexity index is 1340. The number of nitrogens with zero attached hydrogens (tertiary/aromatic N) is 2. The van der Waals surface area contributed by atoms with Crippen molar-refractivity contribution in [2.75, 3.05) is 27.0 Å². The van der Waals surface area contributed by atoms with Crippen LogP contribution in [0.2, 0.25) is 0 Å². The first-order chi connectivity index (χ1) is 16.7. The highest BCUT2D eigenvalue weighted by atomic mass is 19.1. The van der Waals surface area contributed by atoms with Crippen molar-refractivity contribution < 1.29 is 18.6 Å². The molecule has 0 unspecified atom stereocenters. The summed E-state index contributed by atoms with van der Waals surface area (Å²) in [4.78, 5) is 10.5. The fourth-order valence-corrected chi connectivity index (χ4v) is 5.09. The molecule has 0 atom stereocenters. The number of pyridine rings is 1. The third-order valence-corrected chi connectivity index (χ3v) is 6.87. The third-order valence-electron chi connectivity index (χ3n) is 6.87. The topological polar surface area (TPSA) is 59.6 Å². The predicted octanol–water partition coefficient (Wildman–Crippen LogP) is 5.49. The fourth-order valence-electron chi connectivity index (χ4n) is 5.09. The molecule has 0 spiro atoms. The highest BCUT2D eigenvalue weighted by Gasteiger charge is 2.24. The van der Waals surface area contributed by atoms with Crippen LogP contribution in [0.15, 0.2) is 54.7 Å². The van der Waals surface area contributed by atoms with E-state index in [2.05, 4.69) is 33.1 Å². The molecule has 0 bridgehead atoms. The van der Waals surface area contributed by atoms with Crippen LogP contribution in [0.1, 0.15) is 30.0 Å². The molecule has 2 aromatic heterocycles. The SMILES string of the molecule is COc1ccc(F)cc1-c1ccnc2[nH]c(C3CCN(Cc4ccc5c(c4)OCO5)CC3)cc12. The minimum atomic E-state index is -0.286. The van der Waals surface area contributed by atoms with Gasteiger partial charge in [-0.2, -0.15) is 0 Å². The second-order valence-corrected chi connectivity index (χ2v) is 8.93. The Balaban J connectivity index is 1.20. The number of halogens is 1. The first-order valence-electron chi connectivity index (χ1n) is 11.6. The molecule has 0 aliphatic carbocycles. The zero-order valence-corrected chi connectivity index (χ0v) is 19.0. The van der Waals surface area contributed by atoms with Gasteiger partial charge in [0.15, 0.2) is 11.5 Å². The summed E-state index contributed by atoms with van der Waals surface area (Å²) in [6, 6.07) is 14.9. The van der Waals surface area contributed by atoms with Crippen LogP contribution in [0, 0.1) is 5.82 Å². The van der Waals surface area contributed by atoms with Gasteiger partial charge in [0.2, 0.25) is 6.79 Å². The summed E-state index contributed by atoms with van der Waals surface area (Å²) in [5.74, 6) is 2.46. The van der Waals surface area contributed by atoms with Gasteiger partial charge in [-0.25, -0.2) is 9.37 Å². The lowest BCUT2D eigenvalue weighted by Crippen LogP contribution is -2.32. The first-order valence-corrected chi connectivity index (χ1v) is 11.6. The Labute approximate surface area is 197 Å². The number of nitrogens with one attached hydrogen (secondary N) is 1. The number of benzene rings is 2. The van der Waals surface area contributed by atoms with E-state index in [0.29, 0.717) is 18.5 Å². The maximum Gasteiger partial charge on any atom is 0.231 e. The smallest absolute Gasteiger partial charge is 0.231 e. The summed E-state index contributed by atoms with van der Waals surface area (Å²) in [6.07, 6.45) is 3.89. The molecule has 7 heteroatoms. The minimum Gasteiger partial charge on any atom is -0.496 e. The van der Waals surface area contributed by atoms with E-state index in [1.165, 1.54) is 23.4 Å². The summed E-state index contributed by atoms with van der Waals surface area (Å²) >= 11 is 0. The van der Waals surface area contributed by atoms with Gasteiger partial charge in [-0.3, -0.25) is 4.90 Å². The molecule has 1 fully saturated rings.